The Morgan fingerprint density at radius 2 is 2.30 bits per heavy atom. The molecule has 0 saturated carbocycles. The van der Waals surface area contributed by atoms with Crippen LogP contribution in [0.25, 0.3) is 5.52 Å². The zero-order valence-corrected chi connectivity index (χ0v) is 13.8. The van der Waals surface area contributed by atoms with Crippen molar-refractivity contribution in [2.45, 2.75) is 13.0 Å². The number of rotatable bonds is 4. The fourth-order valence-electron chi connectivity index (χ4n) is 3.23. The first-order valence-corrected chi connectivity index (χ1v) is 8.90. The van der Waals surface area contributed by atoms with Crippen molar-refractivity contribution >= 4 is 16.9 Å². The minimum absolute atomic E-state index is 0.463. The minimum atomic E-state index is 0.463. The van der Waals surface area contributed by atoms with Crippen molar-refractivity contribution in [3.8, 4) is 0 Å². The molecule has 3 aromatic rings. The monoisotopic (exact) mass is 328 g/mol. The molecular formula is C17H20N4OS. The van der Waals surface area contributed by atoms with Crippen LogP contribution in [-0.4, -0.2) is 45.6 Å². The van der Waals surface area contributed by atoms with Crippen LogP contribution in [0.2, 0.25) is 0 Å². The average molecular weight is 328 g/mol. The number of thiazole rings is 1. The highest BCUT2D eigenvalue weighted by Crippen LogP contribution is 2.18. The normalized spacial score (nSPS) is 19.9. The SMILES string of the molecule is c1cc2c(C[C@@H]3COCCN(Cc4cscn4)C3)nccn2c1. The molecule has 5 nitrogen and oxygen atoms in total. The van der Waals surface area contributed by atoms with Crippen molar-refractivity contribution in [2.24, 2.45) is 5.92 Å². The first-order chi connectivity index (χ1) is 11.4. The highest BCUT2D eigenvalue weighted by Gasteiger charge is 2.21. The van der Waals surface area contributed by atoms with Gasteiger partial charge in [0.2, 0.25) is 0 Å². The molecule has 0 amide bonds. The van der Waals surface area contributed by atoms with E-state index in [-0.39, 0.29) is 0 Å². The number of nitrogens with zero attached hydrogens (tertiary/aromatic N) is 4. The predicted octanol–water partition coefficient (Wildman–Crippen LogP) is 2.48. The van der Waals surface area contributed by atoms with Crippen molar-refractivity contribution in [1.29, 1.82) is 0 Å². The first-order valence-electron chi connectivity index (χ1n) is 7.96. The molecule has 0 aliphatic carbocycles. The van der Waals surface area contributed by atoms with Gasteiger partial charge in [-0.25, -0.2) is 4.98 Å². The molecule has 0 N–H and O–H groups in total. The van der Waals surface area contributed by atoms with Crippen LogP contribution in [0.5, 0.6) is 0 Å². The van der Waals surface area contributed by atoms with Crippen molar-refractivity contribution in [3.05, 3.63) is 53.0 Å². The van der Waals surface area contributed by atoms with E-state index in [9.17, 15) is 0 Å². The van der Waals surface area contributed by atoms with Gasteiger partial charge in [0.05, 0.1) is 35.6 Å². The molecule has 4 rings (SSSR count). The highest BCUT2D eigenvalue weighted by molar-refractivity contribution is 7.07. The maximum atomic E-state index is 5.83. The van der Waals surface area contributed by atoms with Crippen molar-refractivity contribution in [1.82, 2.24) is 19.3 Å². The van der Waals surface area contributed by atoms with Crippen molar-refractivity contribution < 1.29 is 4.74 Å². The van der Waals surface area contributed by atoms with E-state index in [1.807, 2.05) is 17.9 Å². The molecule has 3 aromatic heterocycles. The second-order valence-electron chi connectivity index (χ2n) is 6.03. The molecule has 0 bridgehead atoms. The largest absolute Gasteiger partial charge is 0.380 e. The van der Waals surface area contributed by atoms with Crippen LogP contribution in [0.1, 0.15) is 11.4 Å². The molecule has 0 unspecified atom stereocenters. The first kappa shape index (κ1) is 14.8. The van der Waals surface area contributed by atoms with E-state index < -0.39 is 0 Å². The fourth-order valence-corrected chi connectivity index (χ4v) is 3.77. The van der Waals surface area contributed by atoms with Crippen LogP contribution in [0.3, 0.4) is 0 Å². The number of hydrogen-bond donors (Lipinski definition) is 0. The van der Waals surface area contributed by atoms with Crippen LogP contribution in [0, 0.1) is 5.92 Å². The molecule has 1 fully saturated rings. The Morgan fingerprint density at radius 1 is 1.30 bits per heavy atom. The van der Waals surface area contributed by atoms with Crippen molar-refractivity contribution in [3.63, 3.8) is 0 Å². The van der Waals surface area contributed by atoms with E-state index in [0.29, 0.717) is 5.92 Å². The summed E-state index contributed by atoms with van der Waals surface area (Å²) < 4.78 is 7.96. The third-order valence-corrected chi connectivity index (χ3v) is 4.94. The topological polar surface area (TPSA) is 42.7 Å². The van der Waals surface area contributed by atoms with E-state index in [2.05, 4.69) is 43.0 Å². The number of fused-ring (bicyclic) bond motifs is 1. The van der Waals surface area contributed by atoms with E-state index in [1.165, 1.54) is 5.52 Å². The number of ether oxygens (including phenoxy) is 1. The second kappa shape index (κ2) is 6.78. The molecule has 1 atom stereocenters. The number of hydrogen-bond acceptors (Lipinski definition) is 5. The Kier molecular flexibility index (Phi) is 4.37. The number of aromatic nitrogens is 3. The lowest BCUT2D eigenvalue weighted by molar-refractivity contribution is 0.121. The van der Waals surface area contributed by atoms with Crippen LogP contribution in [0.4, 0.5) is 0 Å². The minimum Gasteiger partial charge on any atom is -0.380 e. The standard InChI is InChI=1S/C17H20N4OS/c1-2-17-16(18-3-5-21(17)4-1)8-14-9-20(6-7-22-11-14)10-15-12-23-13-19-15/h1-5,12-14H,6-11H2/t14-/m0/s1. The Hall–Kier alpha value is -1.76. The Balaban J connectivity index is 1.48. The van der Waals surface area contributed by atoms with Crippen LogP contribution in [-0.2, 0) is 17.7 Å². The fraction of sp³-hybridized carbons (Fsp3) is 0.412. The lowest BCUT2D eigenvalue weighted by atomic mass is 10.0. The summed E-state index contributed by atoms with van der Waals surface area (Å²) in [5, 5.41) is 2.13. The van der Waals surface area contributed by atoms with Gasteiger partial charge in [-0.1, -0.05) is 0 Å². The van der Waals surface area contributed by atoms with Gasteiger partial charge >= 0.3 is 0 Å². The molecule has 1 aliphatic heterocycles. The summed E-state index contributed by atoms with van der Waals surface area (Å²) in [5.41, 5.74) is 5.41. The Morgan fingerprint density at radius 3 is 3.22 bits per heavy atom. The average Bonchev–Trinajstić information content (AvgIpc) is 3.18. The Labute approximate surface area is 139 Å². The van der Waals surface area contributed by atoms with E-state index >= 15 is 0 Å². The van der Waals surface area contributed by atoms with Gasteiger partial charge in [-0.3, -0.25) is 9.88 Å². The molecule has 0 radical (unpaired) electrons. The smallest absolute Gasteiger partial charge is 0.0795 e. The van der Waals surface area contributed by atoms with Gasteiger partial charge in [0.1, 0.15) is 0 Å². The third-order valence-electron chi connectivity index (χ3n) is 4.31. The molecule has 6 heteroatoms. The summed E-state index contributed by atoms with van der Waals surface area (Å²) in [6.07, 6.45) is 6.89. The molecular weight excluding hydrogens is 308 g/mol. The quantitative estimate of drug-likeness (QED) is 0.738. The molecule has 0 aromatic carbocycles. The maximum absolute atomic E-state index is 5.83. The van der Waals surface area contributed by atoms with Gasteiger partial charge < -0.3 is 9.14 Å². The van der Waals surface area contributed by atoms with Crippen LogP contribution < -0.4 is 0 Å². The summed E-state index contributed by atoms with van der Waals surface area (Å²) in [7, 11) is 0. The lowest BCUT2D eigenvalue weighted by Gasteiger charge is -2.22. The molecule has 23 heavy (non-hydrogen) atoms. The van der Waals surface area contributed by atoms with Gasteiger partial charge in [0, 0.05) is 49.5 Å². The van der Waals surface area contributed by atoms with E-state index in [4.69, 9.17) is 4.74 Å². The van der Waals surface area contributed by atoms with E-state index in [1.54, 1.807) is 11.3 Å². The lowest BCUT2D eigenvalue weighted by Crippen LogP contribution is -2.30. The summed E-state index contributed by atoms with van der Waals surface area (Å²) in [6, 6.07) is 4.20. The third kappa shape index (κ3) is 3.44. The predicted molar refractivity (Wildman–Crippen MR) is 90.6 cm³/mol. The summed E-state index contributed by atoms with van der Waals surface area (Å²) >= 11 is 1.66. The zero-order valence-electron chi connectivity index (χ0n) is 13.0. The van der Waals surface area contributed by atoms with Gasteiger partial charge in [0.25, 0.3) is 0 Å². The molecule has 4 heterocycles. The molecule has 120 valence electrons. The summed E-state index contributed by atoms with van der Waals surface area (Å²) in [5.74, 6) is 0.463. The van der Waals surface area contributed by atoms with Gasteiger partial charge in [-0.2, -0.15) is 0 Å². The van der Waals surface area contributed by atoms with Crippen LogP contribution in [0.15, 0.2) is 41.6 Å². The molecule has 1 aliphatic rings. The molecule has 1 saturated heterocycles. The summed E-state index contributed by atoms with van der Waals surface area (Å²) in [4.78, 5) is 11.5. The molecule has 0 spiro atoms. The van der Waals surface area contributed by atoms with Crippen LogP contribution >= 0.6 is 11.3 Å². The Bertz CT molecular complexity index is 755. The van der Waals surface area contributed by atoms with Gasteiger partial charge in [-0.15, -0.1) is 11.3 Å². The van der Waals surface area contributed by atoms with Crippen molar-refractivity contribution in [2.75, 3.05) is 26.3 Å². The highest BCUT2D eigenvalue weighted by atomic mass is 32.1. The maximum Gasteiger partial charge on any atom is 0.0795 e. The van der Waals surface area contributed by atoms with E-state index in [0.717, 1.165) is 50.7 Å². The van der Waals surface area contributed by atoms with Gasteiger partial charge in [0.15, 0.2) is 0 Å². The summed E-state index contributed by atoms with van der Waals surface area (Å²) in [6.45, 7) is 4.50. The second-order valence-corrected chi connectivity index (χ2v) is 6.75. The van der Waals surface area contributed by atoms with Gasteiger partial charge in [-0.05, 0) is 18.6 Å². The zero-order chi connectivity index (χ0) is 15.5.